The minimum Gasteiger partial charge on any atom is -0.383 e. The van der Waals surface area contributed by atoms with Gasteiger partial charge in [-0.3, -0.25) is 4.79 Å². The summed E-state index contributed by atoms with van der Waals surface area (Å²) in [4.78, 5) is 20.2. The van der Waals surface area contributed by atoms with E-state index in [1.807, 2.05) is 0 Å². The zero-order valence-corrected chi connectivity index (χ0v) is 13.8. The fourth-order valence-corrected chi connectivity index (χ4v) is 2.71. The molecule has 1 atom stereocenters. The number of aromatic nitrogens is 2. The van der Waals surface area contributed by atoms with E-state index in [9.17, 15) is 4.79 Å². The van der Waals surface area contributed by atoms with Crippen LogP contribution in [-0.2, 0) is 4.79 Å². The zero-order chi connectivity index (χ0) is 16.3. The molecular formula is C13H13Cl2N5OS. The molecule has 0 radical (unpaired) electrons. The number of halogens is 2. The third-order valence-corrected chi connectivity index (χ3v) is 4.39. The first kappa shape index (κ1) is 16.7. The molecule has 1 amide bonds. The van der Waals surface area contributed by atoms with Crippen LogP contribution in [0.15, 0.2) is 29.4 Å². The number of hydrogen-bond acceptors (Lipinski definition) is 6. The van der Waals surface area contributed by atoms with E-state index in [2.05, 4.69) is 15.3 Å². The van der Waals surface area contributed by atoms with E-state index in [4.69, 9.17) is 34.7 Å². The Kier molecular flexibility index (Phi) is 5.33. The fourth-order valence-electron chi connectivity index (χ4n) is 1.56. The third-order valence-electron chi connectivity index (χ3n) is 2.61. The zero-order valence-electron chi connectivity index (χ0n) is 11.5. The molecule has 116 valence electrons. The van der Waals surface area contributed by atoms with Gasteiger partial charge >= 0.3 is 0 Å². The third kappa shape index (κ3) is 4.16. The highest BCUT2D eigenvalue weighted by Gasteiger charge is 2.18. The quantitative estimate of drug-likeness (QED) is 0.573. The molecule has 0 aliphatic rings. The van der Waals surface area contributed by atoms with E-state index in [-0.39, 0.29) is 17.5 Å². The number of benzene rings is 1. The first-order valence-electron chi connectivity index (χ1n) is 6.18. The normalized spacial score (nSPS) is 12.0. The van der Waals surface area contributed by atoms with Crippen LogP contribution < -0.4 is 16.8 Å². The Morgan fingerprint density at radius 3 is 2.55 bits per heavy atom. The molecule has 0 aliphatic carbocycles. The monoisotopic (exact) mass is 357 g/mol. The number of hydrogen-bond donors (Lipinski definition) is 3. The van der Waals surface area contributed by atoms with Crippen LogP contribution in [0.4, 0.5) is 17.3 Å². The van der Waals surface area contributed by atoms with Crippen molar-refractivity contribution in [2.75, 3.05) is 16.8 Å². The van der Waals surface area contributed by atoms with Gasteiger partial charge in [-0.1, -0.05) is 41.0 Å². The Morgan fingerprint density at radius 1 is 1.27 bits per heavy atom. The highest BCUT2D eigenvalue weighted by atomic mass is 35.5. The van der Waals surface area contributed by atoms with Crippen LogP contribution >= 0.6 is 35.0 Å². The second-order valence-corrected chi connectivity index (χ2v) is 6.44. The summed E-state index contributed by atoms with van der Waals surface area (Å²) in [5.74, 6) is 0.236. The maximum Gasteiger partial charge on any atom is 0.237 e. The van der Waals surface area contributed by atoms with Crippen LogP contribution in [-0.4, -0.2) is 21.1 Å². The molecule has 1 aromatic carbocycles. The number of amides is 1. The molecule has 0 saturated carbocycles. The lowest BCUT2D eigenvalue weighted by Crippen LogP contribution is -2.23. The molecule has 9 heteroatoms. The summed E-state index contributed by atoms with van der Waals surface area (Å²) in [5, 5.41) is 3.22. The van der Waals surface area contributed by atoms with Crippen molar-refractivity contribution in [3.05, 3.63) is 34.3 Å². The summed E-state index contributed by atoms with van der Waals surface area (Å²) >= 11 is 13.1. The van der Waals surface area contributed by atoms with Gasteiger partial charge in [0.05, 0.1) is 21.0 Å². The molecule has 0 saturated heterocycles. The van der Waals surface area contributed by atoms with Gasteiger partial charge in [0.25, 0.3) is 0 Å². The summed E-state index contributed by atoms with van der Waals surface area (Å²) in [7, 11) is 0. The molecule has 1 aromatic heterocycles. The summed E-state index contributed by atoms with van der Waals surface area (Å²) in [6.07, 6.45) is 0. The van der Waals surface area contributed by atoms with Gasteiger partial charge in [-0.05, 0) is 19.1 Å². The highest BCUT2D eigenvalue weighted by Crippen LogP contribution is 2.30. The predicted molar refractivity (Wildman–Crippen MR) is 91.3 cm³/mol. The molecule has 2 rings (SSSR count). The molecule has 0 fully saturated rings. The van der Waals surface area contributed by atoms with Gasteiger partial charge in [0, 0.05) is 6.07 Å². The predicted octanol–water partition coefficient (Wildman–Crippen LogP) is 3.07. The standard InChI is InChI=1S/C13H13Cl2N5OS/c1-6(22-13-19-9(16)5-10(17)20-13)12(21)18-8-4-2-3-7(14)11(8)15/h2-6H,1H3,(H,18,21)(H4,16,17,19,20). The van der Waals surface area contributed by atoms with Crippen molar-refractivity contribution in [3.8, 4) is 0 Å². The summed E-state index contributed by atoms with van der Waals surface area (Å²) in [6, 6.07) is 6.45. The lowest BCUT2D eigenvalue weighted by atomic mass is 10.3. The summed E-state index contributed by atoms with van der Waals surface area (Å²) in [6.45, 7) is 1.71. The smallest absolute Gasteiger partial charge is 0.237 e. The first-order chi connectivity index (χ1) is 10.4. The van der Waals surface area contributed by atoms with Gasteiger partial charge in [0.1, 0.15) is 11.6 Å². The number of anilines is 3. The van der Waals surface area contributed by atoms with E-state index in [1.54, 1.807) is 25.1 Å². The van der Waals surface area contributed by atoms with Crippen LogP contribution in [0.5, 0.6) is 0 Å². The van der Waals surface area contributed by atoms with E-state index in [0.29, 0.717) is 20.9 Å². The van der Waals surface area contributed by atoms with Crippen molar-refractivity contribution in [1.82, 2.24) is 9.97 Å². The molecule has 22 heavy (non-hydrogen) atoms. The molecule has 2 aromatic rings. The lowest BCUT2D eigenvalue weighted by molar-refractivity contribution is -0.115. The minimum atomic E-state index is -0.476. The van der Waals surface area contributed by atoms with E-state index < -0.39 is 5.25 Å². The molecule has 6 nitrogen and oxygen atoms in total. The van der Waals surface area contributed by atoms with Gasteiger partial charge in [-0.15, -0.1) is 0 Å². The van der Waals surface area contributed by atoms with Crippen molar-refractivity contribution in [2.45, 2.75) is 17.3 Å². The molecular weight excluding hydrogens is 345 g/mol. The number of nitrogens with zero attached hydrogens (tertiary/aromatic N) is 2. The van der Waals surface area contributed by atoms with Crippen LogP contribution in [0.3, 0.4) is 0 Å². The van der Waals surface area contributed by atoms with Crippen LogP contribution in [0, 0.1) is 0 Å². The highest BCUT2D eigenvalue weighted by molar-refractivity contribution is 8.00. The van der Waals surface area contributed by atoms with Crippen molar-refractivity contribution in [1.29, 1.82) is 0 Å². The van der Waals surface area contributed by atoms with Crippen LogP contribution in [0.2, 0.25) is 10.0 Å². The number of carbonyl (C=O) groups excluding carboxylic acids is 1. The molecule has 0 spiro atoms. The largest absolute Gasteiger partial charge is 0.383 e. The molecule has 0 aliphatic heterocycles. The van der Waals surface area contributed by atoms with Gasteiger partial charge in [0.2, 0.25) is 5.91 Å². The van der Waals surface area contributed by atoms with Crippen LogP contribution in [0.25, 0.3) is 0 Å². The average molecular weight is 358 g/mol. The molecule has 5 N–H and O–H groups in total. The van der Waals surface area contributed by atoms with Gasteiger partial charge in [-0.2, -0.15) is 0 Å². The second kappa shape index (κ2) is 7.04. The average Bonchev–Trinajstić information content (AvgIpc) is 2.42. The second-order valence-electron chi connectivity index (χ2n) is 4.35. The number of carbonyl (C=O) groups is 1. The Balaban J connectivity index is 2.07. The Labute approximate surface area is 141 Å². The first-order valence-corrected chi connectivity index (χ1v) is 7.82. The lowest BCUT2D eigenvalue weighted by Gasteiger charge is -2.13. The summed E-state index contributed by atoms with van der Waals surface area (Å²) < 4.78 is 0. The number of thioether (sulfide) groups is 1. The Bertz CT molecular complexity index is 693. The number of nitrogens with one attached hydrogen (secondary N) is 1. The Morgan fingerprint density at radius 2 is 1.91 bits per heavy atom. The van der Waals surface area contributed by atoms with Crippen molar-refractivity contribution < 1.29 is 4.79 Å². The Hall–Kier alpha value is -1.70. The van der Waals surface area contributed by atoms with Crippen molar-refractivity contribution >= 4 is 58.2 Å². The molecule has 1 heterocycles. The number of nitrogen functional groups attached to an aromatic ring is 2. The SMILES string of the molecule is CC(Sc1nc(N)cc(N)n1)C(=O)Nc1cccc(Cl)c1Cl. The van der Waals surface area contributed by atoms with Crippen molar-refractivity contribution in [2.24, 2.45) is 0 Å². The number of nitrogens with two attached hydrogens (primary N) is 2. The van der Waals surface area contributed by atoms with Crippen LogP contribution in [0.1, 0.15) is 6.92 Å². The van der Waals surface area contributed by atoms with E-state index >= 15 is 0 Å². The maximum absolute atomic E-state index is 12.2. The van der Waals surface area contributed by atoms with Gasteiger partial charge in [-0.25, -0.2) is 9.97 Å². The van der Waals surface area contributed by atoms with Gasteiger partial charge in [0.15, 0.2) is 5.16 Å². The number of rotatable bonds is 4. The maximum atomic E-state index is 12.2. The molecule has 1 unspecified atom stereocenters. The molecule has 0 bridgehead atoms. The fraction of sp³-hybridized carbons (Fsp3) is 0.154. The van der Waals surface area contributed by atoms with E-state index in [1.165, 1.54) is 6.07 Å². The minimum absolute atomic E-state index is 0.250. The topological polar surface area (TPSA) is 107 Å². The van der Waals surface area contributed by atoms with Crippen molar-refractivity contribution in [3.63, 3.8) is 0 Å². The van der Waals surface area contributed by atoms with E-state index in [0.717, 1.165) is 11.8 Å². The summed E-state index contributed by atoms with van der Waals surface area (Å²) in [5.41, 5.74) is 11.6. The van der Waals surface area contributed by atoms with Gasteiger partial charge < -0.3 is 16.8 Å².